The largest absolute Gasteiger partial charge is 0.316 e. The minimum atomic E-state index is 0.0723. The van der Waals surface area contributed by atoms with Gasteiger partial charge in [-0.25, -0.2) is 0 Å². The maximum Gasteiger partial charge on any atom is 0.142 e. The van der Waals surface area contributed by atoms with Crippen LogP contribution in [0.2, 0.25) is 0 Å². The van der Waals surface area contributed by atoms with Crippen molar-refractivity contribution >= 4 is 5.78 Å². The van der Waals surface area contributed by atoms with E-state index in [9.17, 15) is 4.79 Å². The van der Waals surface area contributed by atoms with E-state index >= 15 is 0 Å². The first-order valence-corrected chi connectivity index (χ1v) is 7.02. The van der Waals surface area contributed by atoms with Crippen molar-refractivity contribution in [3.05, 3.63) is 29.6 Å². The number of rotatable bonds is 3. The van der Waals surface area contributed by atoms with Crippen LogP contribution in [0.4, 0.5) is 0 Å². The average molecular weight is 244 g/mol. The smallest absolute Gasteiger partial charge is 0.142 e. The Bertz CT molecular complexity index is 438. The van der Waals surface area contributed by atoms with Crippen molar-refractivity contribution < 1.29 is 4.79 Å². The topological polar surface area (TPSA) is 42.0 Å². The number of carbonyl (C=O) groups excluding carboxylic acids is 1. The zero-order valence-electron chi connectivity index (χ0n) is 10.7. The van der Waals surface area contributed by atoms with Crippen LogP contribution in [0, 0.1) is 5.92 Å². The zero-order valence-corrected chi connectivity index (χ0v) is 10.7. The van der Waals surface area contributed by atoms with Crippen molar-refractivity contribution in [3.8, 4) is 0 Å². The average Bonchev–Trinajstić information content (AvgIpc) is 2.84. The third kappa shape index (κ3) is 2.32. The predicted molar refractivity (Wildman–Crippen MR) is 70.5 cm³/mol. The highest BCUT2D eigenvalue weighted by Crippen LogP contribution is 2.33. The van der Waals surface area contributed by atoms with Crippen LogP contribution in [0.1, 0.15) is 42.9 Å². The second kappa shape index (κ2) is 5.19. The lowest BCUT2D eigenvalue weighted by atomic mass is 9.88. The minimum absolute atomic E-state index is 0.0723. The summed E-state index contributed by atoms with van der Waals surface area (Å²) in [5.74, 6) is 1.02. The molecule has 1 aliphatic carbocycles. The van der Waals surface area contributed by atoms with Gasteiger partial charge in [-0.15, -0.1) is 0 Å². The van der Waals surface area contributed by atoms with Gasteiger partial charge in [-0.3, -0.25) is 9.78 Å². The summed E-state index contributed by atoms with van der Waals surface area (Å²) < 4.78 is 0. The first-order chi connectivity index (χ1) is 8.84. The number of Topliss-reactive ketones (excluding diaryl/α,β-unsaturated/α-hetero) is 1. The zero-order chi connectivity index (χ0) is 12.4. The number of piperidine rings is 1. The van der Waals surface area contributed by atoms with Crippen molar-refractivity contribution in [2.45, 2.75) is 38.0 Å². The Morgan fingerprint density at radius 2 is 2.39 bits per heavy atom. The molecule has 2 unspecified atom stereocenters. The molecular weight excluding hydrogens is 224 g/mol. The van der Waals surface area contributed by atoms with Crippen LogP contribution in [0.3, 0.4) is 0 Å². The molecule has 2 aliphatic rings. The van der Waals surface area contributed by atoms with Gasteiger partial charge >= 0.3 is 0 Å². The summed E-state index contributed by atoms with van der Waals surface area (Å²) in [5.41, 5.74) is 2.32. The number of ketones is 1. The molecule has 1 fully saturated rings. The molecule has 1 aliphatic heterocycles. The van der Waals surface area contributed by atoms with Crippen molar-refractivity contribution in [3.63, 3.8) is 0 Å². The van der Waals surface area contributed by atoms with Gasteiger partial charge in [0.05, 0.1) is 11.6 Å². The highest BCUT2D eigenvalue weighted by atomic mass is 16.1. The summed E-state index contributed by atoms with van der Waals surface area (Å²) in [6, 6.07) is 4.08. The van der Waals surface area contributed by atoms with Crippen LogP contribution < -0.4 is 5.32 Å². The SMILES string of the molecule is O=C(CC1CCCNC1)C1CCc2cccnc21. The molecule has 1 aromatic heterocycles. The summed E-state index contributed by atoms with van der Waals surface area (Å²) >= 11 is 0. The van der Waals surface area contributed by atoms with Gasteiger partial charge in [-0.2, -0.15) is 0 Å². The molecule has 0 bridgehead atoms. The van der Waals surface area contributed by atoms with Gasteiger partial charge in [-0.05, 0) is 56.3 Å². The van der Waals surface area contributed by atoms with Gasteiger partial charge in [0.15, 0.2) is 0 Å². The summed E-state index contributed by atoms with van der Waals surface area (Å²) in [6.45, 7) is 2.12. The molecule has 1 N–H and O–H groups in total. The molecule has 1 aromatic rings. The number of aryl methyl sites for hydroxylation is 1. The van der Waals surface area contributed by atoms with E-state index in [4.69, 9.17) is 0 Å². The molecule has 3 nitrogen and oxygen atoms in total. The number of carbonyl (C=O) groups is 1. The van der Waals surface area contributed by atoms with Crippen LogP contribution in [0.15, 0.2) is 18.3 Å². The van der Waals surface area contributed by atoms with Crippen molar-refractivity contribution in [1.29, 1.82) is 0 Å². The van der Waals surface area contributed by atoms with E-state index in [1.165, 1.54) is 18.4 Å². The maximum atomic E-state index is 12.4. The van der Waals surface area contributed by atoms with E-state index in [0.29, 0.717) is 11.7 Å². The van der Waals surface area contributed by atoms with Crippen molar-refractivity contribution in [1.82, 2.24) is 10.3 Å². The van der Waals surface area contributed by atoms with Gasteiger partial charge in [0, 0.05) is 12.6 Å². The van der Waals surface area contributed by atoms with Gasteiger partial charge in [0.1, 0.15) is 5.78 Å². The second-order valence-corrected chi connectivity index (χ2v) is 5.52. The monoisotopic (exact) mass is 244 g/mol. The number of nitrogens with one attached hydrogen (secondary N) is 1. The molecule has 0 aromatic carbocycles. The molecule has 0 amide bonds. The first kappa shape index (κ1) is 11.8. The molecule has 0 spiro atoms. The summed E-state index contributed by atoms with van der Waals surface area (Å²) in [5, 5.41) is 3.38. The molecular formula is C15H20N2O. The Balaban J connectivity index is 1.67. The van der Waals surface area contributed by atoms with Crippen LogP contribution >= 0.6 is 0 Å². The first-order valence-electron chi connectivity index (χ1n) is 7.02. The van der Waals surface area contributed by atoms with Gasteiger partial charge in [0.25, 0.3) is 0 Å². The third-order valence-corrected chi connectivity index (χ3v) is 4.24. The molecule has 1 saturated heterocycles. The molecule has 0 saturated carbocycles. The Kier molecular flexibility index (Phi) is 3.41. The fourth-order valence-corrected chi connectivity index (χ4v) is 3.25. The van der Waals surface area contributed by atoms with E-state index in [2.05, 4.69) is 16.4 Å². The number of pyridine rings is 1. The fourth-order valence-electron chi connectivity index (χ4n) is 3.25. The maximum absolute atomic E-state index is 12.4. The van der Waals surface area contributed by atoms with Gasteiger partial charge in [-0.1, -0.05) is 6.07 Å². The standard InChI is InChI=1S/C15H20N2O/c18-14(9-11-3-1-7-16-10-11)13-6-5-12-4-2-8-17-15(12)13/h2,4,8,11,13,16H,1,3,5-7,9-10H2. The molecule has 3 heteroatoms. The van der Waals surface area contributed by atoms with Gasteiger partial charge < -0.3 is 5.32 Å². The lowest BCUT2D eigenvalue weighted by Gasteiger charge is -2.23. The number of hydrogen-bond acceptors (Lipinski definition) is 3. The normalized spacial score (nSPS) is 26.9. The predicted octanol–water partition coefficient (Wildman–Crippen LogP) is 2.07. The van der Waals surface area contributed by atoms with Crippen LogP contribution in [0.25, 0.3) is 0 Å². The van der Waals surface area contributed by atoms with Crippen LogP contribution in [-0.2, 0) is 11.2 Å². The molecule has 18 heavy (non-hydrogen) atoms. The highest BCUT2D eigenvalue weighted by Gasteiger charge is 2.31. The van der Waals surface area contributed by atoms with E-state index in [-0.39, 0.29) is 5.92 Å². The van der Waals surface area contributed by atoms with E-state index in [0.717, 1.165) is 38.0 Å². The van der Waals surface area contributed by atoms with Gasteiger partial charge in [0.2, 0.25) is 0 Å². The quantitative estimate of drug-likeness (QED) is 0.885. The Morgan fingerprint density at radius 1 is 1.44 bits per heavy atom. The number of nitrogens with zero attached hydrogens (tertiary/aromatic N) is 1. The van der Waals surface area contributed by atoms with Crippen LogP contribution in [-0.4, -0.2) is 23.9 Å². The number of hydrogen-bond donors (Lipinski definition) is 1. The summed E-state index contributed by atoms with van der Waals surface area (Å²) in [6.07, 6.45) is 6.92. The Hall–Kier alpha value is -1.22. The lowest BCUT2D eigenvalue weighted by molar-refractivity contribution is -0.121. The van der Waals surface area contributed by atoms with E-state index < -0.39 is 0 Å². The Labute approximate surface area is 108 Å². The lowest BCUT2D eigenvalue weighted by Crippen LogP contribution is -2.31. The second-order valence-electron chi connectivity index (χ2n) is 5.52. The summed E-state index contributed by atoms with van der Waals surface area (Å²) in [7, 11) is 0. The van der Waals surface area contributed by atoms with E-state index in [1.54, 1.807) is 0 Å². The molecule has 3 rings (SSSR count). The third-order valence-electron chi connectivity index (χ3n) is 4.24. The summed E-state index contributed by atoms with van der Waals surface area (Å²) in [4.78, 5) is 16.8. The molecule has 2 atom stereocenters. The number of fused-ring (bicyclic) bond motifs is 1. The highest BCUT2D eigenvalue weighted by molar-refractivity contribution is 5.86. The fraction of sp³-hybridized carbons (Fsp3) is 0.600. The Morgan fingerprint density at radius 3 is 3.22 bits per heavy atom. The van der Waals surface area contributed by atoms with Crippen molar-refractivity contribution in [2.24, 2.45) is 5.92 Å². The number of aromatic nitrogens is 1. The molecule has 96 valence electrons. The molecule has 0 radical (unpaired) electrons. The van der Waals surface area contributed by atoms with Crippen LogP contribution in [0.5, 0.6) is 0 Å². The van der Waals surface area contributed by atoms with E-state index in [1.807, 2.05) is 12.3 Å². The molecule has 2 heterocycles. The minimum Gasteiger partial charge on any atom is -0.316 e. The van der Waals surface area contributed by atoms with Crippen molar-refractivity contribution in [2.75, 3.05) is 13.1 Å².